The van der Waals surface area contributed by atoms with Gasteiger partial charge in [0.2, 0.25) is 0 Å². The highest BCUT2D eigenvalue weighted by atomic mass is 19.1. The van der Waals surface area contributed by atoms with Crippen LogP contribution in [0.1, 0.15) is 57.9 Å². The third kappa shape index (κ3) is 3.24. The molecule has 1 aromatic carbocycles. The second-order valence-electron chi connectivity index (χ2n) is 12.7. The molecular formula is C30H37FO7. The Morgan fingerprint density at radius 3 is 2.55 bits per heavy atom. The second kappa shape index (κ2) is 8.51. The van der Waals surface area contributed by atoms with Crippen molar-refractivity contribution >= 4 is 11.6 Å². The van der Waals surface area contributed by atoms with E-state index in [1.54, 1.807) is 13.0 Å². The highest BCUT2D eigenvalue weighted by Gasteiger charge is 2.77. The molecule has 4 fully saturated rings. The second-order valence-corrected chi connectivity index (χ2v) is 12.7. The number of hydrogen-bond donors (Lipinski definition) is 3. The average molecular weight is 529 g/mol. The van der Waals surface area contributed by atoms with E-state index in [1.165, 1.54) is 0 Å². The Kier molecular flexibility index (Phi) is 5.88. The number of hydrogen-bond acceptors (Lipinski definition) is 7. The van der Waals surface area contributed by atoms with E-state index in [1.807, 2.05) is 37.3 Å². The molecule has 0 radical (unpaired) electrons. The molecule has 3 N–H and O–H groups in total. The number of ether oxygens (including phenoxy) is 2. The number of carbonyl (C=O) groups excluding carboxylic acids is 2. The van der Waals surface area contributed by atoms with Gasteiger partial charge >= 0.3 is 0 Å². The Hall–Kier alpha value is -1.97. The van der Waals surface area contributed by atoms with Crippen LogP contribution in [0, 0.1) is 22.7 Å². The minimum atomic E-state index is -2.10. The van der Waals surface area contributed by atoms with E-state index < -0.39 is 64.1 Å². The highest BCUT2D eigenvalue weighted by Crippen LogP contribution is 2.70. The Labute approximate surface area is 222 Å². The molecule has 9 atom stereocenters. The third-order valence-corrected chi connectivity index (χ3v) is 11.1. The molecule has 206 valence electrons. The molecule has 1 saturated heterocycles. The standard InChI is InChI=1S/C30H37FO7/c1-26-11-10-20(33)12-19(26)8-9-21-22-13-25(37-16-28(17-38-28)18-6-4-3-5-7-18)30(36,24(35)15-32)27(22,2)14-23(34)29(21,26)31/h3-7,12,21-23,25,32,34,36H,8-11,13-17H2,1-2H3/t21-,22-,23?,25?,26-,27-,28?,29-,30+/m0/s1. The Morgan fingerprint density at radius 2 is 1.89 bits per heavy atom. The quantitative estimate of drug-likeness (QED) is 0.486. The van der Waals surface area contributed by atoms with Crippen molar-refractivity contribution < 1.29 is 38.8 Å². The zero-order chi connectivity index (χ0) is 27.1. The summed E-state index contributed by atoms with van der Waals surface area (Å²) in [5, 5.41) is 33.5. The molecule has 8 heteroatoms. The molecule has 1 heterocycles. The number of allylic oxidation sites excluding steroid dienone is 1. The Balaban J connectivity index is 1.36. The molecule has 6 rings (SSSR count). The first-order valence-electron chi connectivity index (χ1n) is 13.7. The van der Waals surface area contributed by atoms with Crippen molar-refractivity contribution in [2.75, 3.05) is 19.8 Å². The van der Waals surface area contributed by atoms with E-state index in [2.05, 4.69) is 0 Å². The van der Waals surface area contributed by atoms with Crippen molar-refractivity contribution in [1.82, 2.24) is 0 Å². The molecule has 0 amide bonds. The number of aliphatic hydroxyl groups is 3. The molecule has 0 aromatic heterocycles. The number of fused-ring (bicyclic) bond motifs is 5. The van der Waals surface area contributed by atoms with Gasteiger partial charge in [-0.15, -0.1) is 0 Å². The van der Waals surface area contributed by atoms with Crippen LogP contribution in [0.5, 0.6) is 0 Å². The van der Waals surface area contributed by atoms with Gasteiger partial charge in [0.15, 0.2) is 17.2 Å². The van der Waals surface area contributed by atoms with Crippen molar-refractivity contribution in [2.24, 2.45) is 22.7 Å². The first-order valence-corrected chi connectivity index (χ1v) is 13.7. The van der Waals surface area contributed by atoms with Crippen molar-refractivity contribution in [3.63, 3.8) is 0 Å². The Bertz CT molecular complexity index is 1180. The van der Waals surface area contributed by atoms with E-state index in [-0.39, 0.29) is 31.7 Å². The summed E-state index contributed by atoms with van der Waals surface area (Å²) in [6.45, 7) is 3.21. The number of Topliss-reactive ketones (excluding diaryl/α,β-unsaturated/α-hetero) is 1. The molecule has 0 spiro atoms. The van der Waals surface area contributed by atoms with Crippen LogP contribution in [0.15, 0.2) is 42.0 Å². The number of alkyl halides is 1. The maximum atomic E-state index is 17.5. The van der Waals surface area contributed by atoms with E-state index >= 15 is 4.39 Å². The molecule has 7 nitrogen and oxygen atoms in total. The number of benzene rings is 1. The molecule has 5 aliphatic rings. The van der Waals surface area contributed by atoms with Gasteiger partial charge in [0.25, 0.3) is 0 Å². The van der Waals surface area contributed by atoms with Crippen LogP contribution in [-0.2, 0) is 24.7 Å². The number of ketones is 2. The van der Waals surface area contributed by atoms with Crippen LogP contribution in [-0.4, -0.2) is 70.2 Å². The van der Waals surface area contributed by atoms with Gasteiger partial charge in [0, 0.05) is 23.2 Å². The summed E-state index contributed by atoms with van der Waals surface area (Å²) < 4.78 is 29.5. The van der Waals surface area contributed by atoms with Crippen LogP contribution >= 0.6 is 0 Å². The molecular weight excluding hydrogens is 491 g/mol. The maximum Gasteiger partial charge on any atom is 0.192 e. The fraction of sp³-hybridized carbons (Fsp3) is 0.667. The van der Waals surface area contributed by atoms with E-state index in [9.17, 15) is 24.9 Å². The normalized spacial score (nSPS) is 47.5. The predicted octanol–water partition coefficient (Wildman–Crippen LogP) is 2.79. The molecule has 4 aliphatic carbocycles. The lowest BCUT2D eigenvalue weighted by Gasteiger charge is -2.63. The van der Waals surface area contributed by atoms with E-state index in [0.717, 1.165) is 11.1 Å². The molecule has 38 heavy (non-hydrogen) atoms. The summed E-state index contributed by atoms with van der Waals surface area (Å²) in [5.41, 5.74) is -5.30. The lowest BCUT2D eigenvalue weighted by atomic mass is 9.44. The van der Waals surface area contributed by atoms with Crippen LogP contribution in [0.4, 0.5) is 4.39 Å². The number of rotatable bonds is 6. The van der Waals surface area contributed by atoms with Crippen LogP contribution in [0.3, 0.4) is 0 Å². The fourth-order valence-electron chi connectivity index (χ4n) is 8.77. The van der Waals surface area contributed by atoms with E-state index in [0.29, 0.717) is 25.9 Å². The smallest absolute Gasteiger partial charge is 0.192 e. The van der Waals surface area contributed by atoms with Gasteiger partial charge in [-0.05, 0) is 49.7 Å². The molecule has 1 aliphatic heterocycles. The zero-order valence-electron chi connectivity index (χ0n) is 22.0. The summed E-state index contributed by atoms with van der Waals surface area (Å²) in [5.74, 6) is -1.90. The lowest BCUT2D eigenvalue weighted by Crippen LogP contribution is -2.70. The number of carbonyl (C=O) groups is 2. The minimum absolute atomic E-state index is 0.0125. The summed E-state index contributed by atoms with van der Waals surface area (Å²) in [6, 6.07) is 9.59. The number of halogens is 1. The monoisotopic (exact) mass is 528 g/mol. The number of aliphatic hydroxyl groups excluding tert-OH is 2. The van der Waals surface area contributed by atoms with Gasteiger partial charge in [0.1, 0.15) is 17.9 Å². The zero-order valence-corrected chi connectivity index (χ0v) is 22.0. The Morgan fingerprint density at radius 1 is 1.18 bits per heavy atom. The molecule has 3 unspecified atom stereocenters. The average Bonchev–Trinajstić information content (AvgIpc) is 3.66. The molecule has 3 saturated carbocycles. The van der Waals surface area contributed by atoms with Crippen molar-refractivity contribution in [1.29, 1.82) is 0 Å². The summed E-state index contributed by atoms with van der Waals surface area (Å²) in [6.07, 6.45) is 0.673. The first kappa shape index (κ1) is 26.3. The summed E-state index contributed by atoms with van der Waals surface area (Å²) >= 11 is 0. The van der Waals surface area contributed by atoms with Gasteiger partial charge in [0.05, 0.1) is 25.4 Å². The van der Waals surface area contributed by atoms with Gasteiger partial charge in [-0.3, -0.25) is 9.59 Å². The predicted molar refractivity (Wildman–Crippen MR) is 135 cm³/mol. The highest BCUT2D eigenvalue weighted by molar-refractivity contribution is 5.92. The largest absolute Gasteiger partial charge is 0.390 e. The molecule has 0 bridgehead atoms. The van der Waals surface area contributed by atoms with E-state index in [4.69, 9.17) is 9.47 Å². The van der Waals surface area contributed by atoms with Crippen molar-refractivity contribution in [2.45, 2.75) is 81.5 Å². The van der Waals surface area contributed by atoms with Crippen LogP contribution in [0.2, 0.25) is 0 Å². The van der Waals surface area contributed by atoms with Gasteiger partial charge < -0.3 is 24.8 Å². The van der Waals surface area contributed by atoms with Crippen molar-refractivity contribution in [3.05, 3.63) is 47.5 Å². The SMILES string of the molecule is C[C@]12CCC(=O)C=C1CC[C@H]1[C@@H]3CC(OCC4(c5ccccc5)CO4)[C@](O)(C(=O)CO)[C@@]3(C)CC(O)[C@@]12F. The first-order chi connectivity index (χ1) is 18.0. The van der Waals surface area contributed by atoms with Gasteiger partial charge in [-0.1, -0.05) is 49.8 Å². The summed E-state index contributed by atoms with van der Waals surface area (Å²) in [4.78, 5) is 25.4. The molecule has 1 aromatic rings. The lowest BCUT2D eigenvalue weighted by molar-refractivity contribution is -0.232. The third-order valence-electron chi connectivity index (χ3n) is 11.1. The van der Waals surface area contributed by atoms with Crippen LogP contribution < -0.4 is 0 Å². The number of epoxide rings is 1. The fourth-order valence-corrected chi connectivity index (χ4v) is 8.77. The van der Waals surface area contributed by atoms with Crippen molar-refractivity contribution in [3.8, 4) is 0 Å². The maximum absolute atomic E-state index is 17.5. The van der Waals surface area contributed by atoms with Gasteiger partial charge in [-0.25, -0.2) is 4.39 Å². The summed E-state index contributed by atoms with van der Waals surface area (Å²) in [7, 11) is 0. The minimum Gasteiger partial charge on any atom is -0.390 e. The van der Waals surface area contributed by atoms with Gasteiger partial charge in [-0.2, -0.15) is 0 Å². The topological polar surface area (TPSA) is 117 Å². The van der Waals surface area contributed by atoms with Crippen LogP contribution in [0.25, 0.3) is 0 Å².